The Bertz CT molecular complexity index is 599. The maximum atomic E-state index is 6.02. The Labute approximate surface area is 113 Å². The predicted molar refractivity (Wildman–Crippen MR) is 79.6 cm³/mol. The van der Waals surface area contributed by atoms with Crippen molar-refractivity contribution in [3.8, 4) is 5.75 Å². The van der Waals surface area contributed by atoms with Crippen LogP contribution in [0, 0.1) is 0 Å². The monoisotopic (exact) mass is 251 g/mol. The maximum absolute atomic E-state index is 6.02. The van der Waals surface area contributed by atoms with Gasteiger partial charge < -0.3 is 9.64 Å². The summed E-state index contributed by atoms with van der Waals surface area (Å²) in [5.74, 6) is 0.951. The van der Waals surface area contributed by atoms with E-state index in [4.69, 9.17) is 4.74 Å². The molecule has 0 N–H and O–H groups in total. The molecule has 0 fully saturated rings. The van der Waals surface area contributed by atoms with Crippen LogP contribution in [-0.4, -0.2) is 14.1 Å². The summed E-state index contributed by atoms with van der Waals surface area (Å²) in [5, 5.41) is 0. The summed E-state index contributed by atoms with van der Waals surface area (Å²) in [5.41, 5.74) is 3.52. The molecule has 0 aliphatic carbocycles. The highest BCUT2D eigenvalue weighted by atomic mass is 16.5. The number of fused-ring (bicyclic) bond motifs is 1. The van der Waals surface area contributed by atoms with E-state index in [1.807, 2.05) is 32.3 Å². The number of benzene rings is 2. The summed E-state index contributed by atoms with van der Waals surface area (Å²) < 4.78 is 6.02. The first-order chi connectivity index (χ1) is 9.24. The van der Waals surface area contributed by atoms with Gasteiger partial charge in [0.05, 0.1) is 0 Å². The Morgan fingerprint density at radius 1 is 0.947 bits per heavy atom. The minimum Gasteiger partial charge on any atom is -0.481 e. The summed E-state index contributed by atoms with van der Waals surface area (Å²) in [7, 11) is 4.09. The number of ether oxygens (including phenoxy) is 1. The van der Waals surface area contributed by atoms with E-state index in [1.165, 1.54) is 11.3 Å². The van der Waals surface area contributed by atoms with Crippen molar-refractivity contribution in [2.24, 2.45) is 0 Å². The number of rotatable bonds is 2. The Morgan fingerprint density at radius 2 is 1.68 bits per heavy atom. The highest BCUT2D eigenvalue weighted by Gasteiger charge is 2.15. The van der Waals surface area contributed by atoms with Crippen LogP contribution in [0.25, 0.3) is 6.08 Å². The second kappa shape index (κ2) is 4.81. The van der Waals surface area contributed by atoms with E-state index in [9.17, 15) is 0 Å². The van der Waals surface area contributed by atoms with Crippen LogP contribution in [0.5, 0.6) is 5.75 Å². The second-order valence-electron chi connectivity index (χ2n) is 4.92. The van der Waals surface area contributed by atoms with Crippen LogP contribution in [0.15, 0.2) is 54.6 Å². The number of para-hydroxylation sites is 1. The molecule has 1 atom stereocenters. The van der Waals surface area contributed by atoms with Gasteiger partial charge in [-0.15, -0.1) is 0 Å². The highest BCUT2D eigenvalue weighted by molar-refractivity contribution is 5.60. The van der Waals surface area contributed by atoms with E-state index in [2.05, 4.69) is 47.4 Å². The van der Waals surface area contributed by atoms with Crippen LogP contribution >= 0.6 is 0 Å². The van der Waals surface area contributed by atoms with E-state index in [-0.39, 0.29) is 6.10 Å². The van der Waals surface area contributed by atoms with Crippen LogP contribution < -0.4 is 9.64 Å². The molecular formula is C17H17NO. The van der Waals surface area contributed by atoms with Crippen LogP contribution in [0.2, 0.25) is 0 Å². The largest absolute Gasteiger partial charge is 0.481 e. The van der Waals surface area contributed by atoms with Crippen LogP contribution in [0.4, 0.5) is 5.69 Å². The van der Waals surface area contributed by atoms with Gasteiger partial charge in [0, 0.05) is 25.3 Å². The van der Waals surface area contributed by atoms with Crippen molar-refractivity contribution in [3.05, 3.63) is 65.7 Å². The van der Waals surface area contributed by atoms with Gasteiger partial charge in [-0.1, -0.05) is 36.4 Å². The number of anilines is 1. The van der Waals surface area contributed by atoms with Gasteiger partial charge in [0.25, 0.3) is 0 Å². The van der Waals surface area contributed by atoms with Gasteiger partial charge in [0.1, 0.15) is 11.9 Å². The van der Waals surface area contributed by atoms with Gasteiger partial charge in [-0.2, -0.15) is 0 Å². The number of hydrogen-bond acceptors (Lipinski definition) is 2. The van der Waals surface area contributed by atoms with Crippen molar-refractivity contribution < 1.29 is 4.74 Å². The first kappa shape index (κ1) is 11.8. The van der Waals surface area contributed by atoms with E-state index < -0.39 is 0 Å². The molecule has 0 spiro atoms. The van der Waals surface area contributed by atoms with Crippen molar-refractivity contribution in [1.29, 1.82) is 0 Å². The zero-order valence-corrected chi connectivity index (χ0v) is 11.2. The first-order valence-corrected chi connectivity index (χ1v) is 6.45. The minimum absolute atomic E-state index is 0.00566. The normalized spacial score (nSPS) is 16.6. The second-order valence-corrected chi connectivity index (χ2v) is 4.92. The molecule has 0 radical (unpaired) electrons. The highest BCUT2D eigenvalue weighted by Crippen LogP contribution is 2.32. The maximum Gasteiger partial charge on any atom is 0.142 e. The lowest BCUT2D eigenvalue weighted by atomic mass is 10.0. The summed E-state index contributed by atoms with van der Waals surface area (Å²) in [6.07, 6.45) is 4.24. The average Bonchev–Trinajstić information content (AvgIpc) is 2.47. The summed E-state index contributed by atoms with van der Waals surface area (Å²) in [6.45, 7) is 0. The molecule has 2 aromatic carbocycles. The molecule has 96 valence electrons. The lowest BCUT2D eigenvalue weighted by Crippen LogP contribution is -2.11. The third-order valence-electron chi connectivity index (χ3n) is 3.36. The summed E-state index contributed by atoms with van der Waals surface area (Å²) in [6, 6.07) is 16.6. The molecule has 2 heteroatoms. The van der Waals surface area contributed by atoms with Crippen molar-refractivity contribution in [2.45, 2.75) is 6.10 Å². The molecule has 1 heterocycles. The smallest absolute Gasteiger partial charge is 0.142 e. The molecule has 0 saturated heterocycles. The zero-order chi connectivity index (χ0) is 13.2. The Hall–Kier alpha value is -2.22. The van der Waals surface area contributed by atoms with Gasteiger partial charge in [0.15, 0.2) is 0 Å². The third-order valence-corrected chi connectivity index (χ3v) is 3.36. The quantitative estimate of drug-likeness (QED) is 0.802. The van der Waals surface area contributed by atoms with E-state index in [1.54, 1.807) is 0 Å². The molecule has 1 aliphatic heterocycles. The fraction of sp³-hybridized carbons (Fsp3) is 0.176. The van der Waals surface area contributed by atoms with Crippen LogP contribution in [0.3, 0.4) is 0 Å². The molecule has 1 unspecified atom stereocenters. The topological polar surface area (TPSA) is 12.5 Å². The average molecular weight is 251 g/mol. The van der Waals surface area contributed by atoms with Gasteiger partial charge in [-0.3, -0.25) is 0 Å². The van der Waals surface area contributed by atoms with Crippen molar-refractivity contribution in [1.82, 2.24) is 0 Å². The first-order valence-electron chi connectivity index (χ1n) is 6.45. The molecule has 1 aliphatic rings. The van der Waals surface area contributed by atoms with E-state index >= 15 is 0 Å². The molecule has 2 aromatic rings. The molecule has 0 amide bonds. The van der Waals surface area contributed by atoms with Gasteiger partial charge in [-0.25, -0.2) is 0 Å². The Balaban J connectivity index is 1.85. The van der Waals surface area contributed by atoms with Gasteiger partial charge in [0.2, 0.25) is 0 Å². The van der Waals surface area contributed by atoms with Crippen molar-refractivity contribution >= 4 is 11.8 Å². The number of nitrogens with zero attached hydrogens (tertiary/aromatic N) is 1. The Morgan fingerprint density at radius 3 is 2.42 bits per heavy atom. The predicted octanol–water partition coefficient (Wildman–Crippen LogP) is 3.90. The Kier molecular flexibility index (Phi) is 3.00. The van der Waals surface area contributed by atoms with Gasteiger partial charge in [-0.05, 0) is 29.8 Å². The van der Waals surface area contributed by atoms with E-state index in [0.717, 1.165) is 11.3 Å². The van der Waals surface area contributed by atoms with Crippen LogP contribution in [0.1, 0.15) is 17.2 Å². The lowest BCUT2D eigenvalue weighted by molar-refractivity contribution is 0.252. The summed E-state index contributed by atoms with van der Waals surface area (Å²) >= 11 is 0. The standard InChI is InChI=1S/C17H17NO/c1-18(2)15-10-7-14(8-11-15)17-12-9-13-5-3-4-6-16(13)19-17/h3-12,17H,1-2H3. The lowest BCUT2D eigenvalue weighted by Gasteiger charge is -2.22. The summed E-state index contributed by atoms with van der Waals surface area (Å²) in [4.78, 5) is 2.09. The van der Waals surface area contributed by atoms with Crippen molar-refractivity contribution in [3.63, 3.8) is 0 Å². The molecule has 0 saturated carbocycles. The fourth-order valence-electron chi connectivity index (χ4n) is 2.23. The minimum atomic E-state index is 0.00566. The molecule has 2 nitrogen and oxygen atoms in total. The van der Waals surface area contributed by atoms with Gasteiger partial charge >= 0.3 is 0 Å². The zero-order valence-electron chi connectivity index (χ0n) is 11.2. The SMILES string of the molecule is CN(C)c1ccc(C2C=Cc3ccccc3O2)cc1. The molecule has 0 bridgehead atoms. The molecule has 0 aromatic heterocycles. The third kappa shape index (κ3) is 2.34. The van der Waals surface area contributed by atoms with Crippen LogP contribution in [-0.2, 0) is 0 Å². The molecule has 19 heavy (non-hydrogen) atoms. The molecule has 3 rings (SSSR count). The van der Waals surface area contributed by atoms with E-state index in [0.29, 0.717) is 0 Å². The number of hydrogen-bond donors (Lipinski definition) is 0. The fourth-order valence-corrected chi connectivity index (χ4v) is 2.23. The molecular weight excluding hydrogens is 234 g/mol. The van der Waals surface area contributed by atoms with Crippen molar-refractivity contribution in [2.75, 3.05) is 19.0 Å².